The molecule has 11 heteroatoms. The van der Waals surface area contributed by atoms with E-state index in [9.17, 15) is 29.8 Å². The Morgan fingerprint density at radius 1 is 1.08 bits per heavy atom. The van der Waals surface area contributed by atoms with Gasteiger partial charge in [-0.15, -0.1) is 11.3 Å². The zero-order valence-corrected chi connectivity index (χ0v) is 13.8. The highest BCUT2D eigenvalue weighted by atomic mass is 32.1. The second-order valence-corrected chi connectivity index (χ2v) is 6.05. The number of aryl methyl sites for hydroxylation is 1. The molecule has 130 valence electrons. The molecular formula is C14H11N3O7S. The Morgan fingerprint density at radius 3 is 2.12 bits per heavy atom. The van der Waals surface area contributed by atoms with Crippen molar-refractivity contribution in [3.8, 4) is 0 Å². The predicted molar refractivity (Wildman–Crippen MR) is 88.1 cm³/mol. The number of non-ortho nitro benzene ring substituents is 2. The van der Waals surface area contributed by atoms with Crippen LogP contribution in [-0.4, -0.2) is 28.8 Å². The number of esters is 1. The molecule has 0 aliphatic carbocycles. The summed E-state index contributed by atoms with van der Waals surface area (Å²) in [7, 11) is 1.19. The van der Waals surface area contributed by atoms with Gasteiger partial charge in [0, 0.05) is 17.0 Å². The number of ether oxygens (including phenoxy) is 1. The van der Waals surface area contributed by atoms with Gasteiger partial charge in [0.1, 0.15) is 5.00 Å². The number of nitro benzene ring substituents is 2. The van der Waals surface area contributed by atoms with Crippen LogP contribution >= 0.6 is 11.3 Å². The summed E-state index contributed by atoms with van der Waals surface area (Å²) in [5, 5.41) is 24.4. The fourth-order valence-corrected chi connectivity index (χ4v) is 2.88. The Morgan fingerprint density at radius 2 is 1.64 bits per heavy atom. The number of hydrogen-bond donors (Lipinski definition) is 1. The predicted octanol–water partition coefficient (Wildman–Crippen LogP) is 2.91. The third-order valence-corrected chi connectivity index (χ3v) is 4.04. The van der Waals surface area contributed by atoms with Gasteiger partial charge in [-0.25, -0.2) is 4.79 Å². The van der Waals surface area contributed by atoms with Gasteiger partial charge in [-0.05, 0) is 13.0 Å². The minimum absolute atomic E-state index is 0.123. The number of carbonyl (C=O) groups is 2. The number of nitrogens with one attached hydrogen (secondary N) is 1. The average molecular weight is 365 g/mol. The molecule has 0 spiro atoms. The number of methoxy groups -OCH3 is 1. The Bertz CT molecular complexity index is 858. The van der Waals surface area contributed by atoms with Gasteiger partial charge < -0.3 is 10.1 Å². The summed E-state index contributed by atoms with van der Waals surface area (Å²) >= 11 is 1.10. The van der Waals surface area contributed by atoms with Crippen LogP contribution in [0.15, 0.2) is 24.3 Å². The van der Waals surface area contributed by atoms with Crippen molar-refractivity contribution in [3.05, 3.63) is 60.5 Å². The molecule has 0 aliphatic heterocycles. The normalized spacial score (nSPS) is 10.2. The first-order chi connectivity index (χ1) is 11.7. The molecule has 1 aromatic heterocycles. The summed E-state index contributed by atoms with van der Waals surface area (Å²) < 4.78 is 4.62. The van der Waals surface area contributed by atoms with E-state index in [2.05, 4.69) is 10.1 Å². The fourth-order valence-electron chi connectivity index (χ4n) is 1.98. The van der Waals surface area contributed by atoms with Crippen LogP contribution in [0, 0.1) is 27.2 Å². The minimum atomic E-state index is -0.834. The average Bonchev–Trinajstić information content (AvgIpc) is 2.93. The highest BCUT2D eigenvalue weighted by molar-refractivity contribution is 7.16. The molecule has 2 rings (SSSR count). The van der Waals surface area contributed by atoms with Crippen LogP contribution in [-0.2, 0) is 4.74 Å². The molecule has 0 fully saturated rings. The molecule has 10 nitrogen and oxygen atoms in total. The number of nitro groups is 2. The van der Waals surface area contributed by atoms with Crippen molar-refractivity contribution in [1.29, 1.82) is 0 Å². The van der Waals surface area contributed by atoms with E-state index in [0.29, 0.717) is 0 Å². The van der Waals surface area contributed by atoms with Crippen LogP contribution in [0.25, 0.3) is 0 Å². The number of hydrogen-bond acceptors (Lipinski definition) is 8. The Labute approximate surface area is 144 Å². The molecule has 1 heterocycles. The van der Waals surface area contributed by atoms with Crippen molar-refractivity contribution in [2.45, 2.75) is 6.92 Å². The van der Waals surface area contributed by atoms with Crippen LogP contribution in [0.1, 0.15) is 25.6 Å². The number of rotatable bonds is 5. The van der Waals surface area contributed by atoms with E-state index in [-0.39, 0.29) is 16.1 Å². The first kappa shape index (κ1) is 18.0. The van der Waals surface area contributed by atoms with Crippen molar-refractivity contribution in [2.24, 2.45) is 0 Å². The molecular weight excluding hydrogens is 354 g/mol. The maximum Gasteiger partial charge on any atom is 0.340 e. The SMILES string of the molecule is COC(=O)c1cc(C)sc1NC(=O)c1cc([N+](=O)[O-])cc([N+](=O)[O-])c1. The molecule has 0 saturated heterocycles. The molecule has 0 atom stereocenters. The van der Waals surface area contributed by atoms with Gasteiger partial charge >= 0.3 is 5.97 Å². The summed E-state index contributed by atoms with van der Waals surface area (Å²) in [5.74, 6) is -1.48. The summed E-state index contributed by atoms with van der Waals surface area (Å²) in [5.41, 5.74) is -1.33. The monoisotopic (exact) mass is 365 g/mol. The second-order valence-electron chi connectivity index (χ2n) is 4.80. The Hall–Kier alpha value is -3.34. The van der Waals surface area contributed by atoms with Gasteiger partial charge in [-0.3, -0.25) is 25.0 Å². The van der Waals surface area contributed by atoms with Gasteiger partial charge in [0.25, 0.3) is 17.3 Å². The van der Waals surface area contributed by atoms with E-state index >= 15 is 0 Å². The molecule has 25 heavy (non-hydrogen) atoms. The van der Waals surface area contributed by atoms with Crippen LogP contribution in [0.4, 0.5) is 16.4 Å². The van der Waals surface area contributed by atoms with Crippen molar-refractivity contribution in [2.75, 3.05) is 12.4 Å². The van der Waals surface area contributed by atoms with Crippen molar-refractivity contribution in [1.82, 2.24) is 0 Å². The molecule has 0 saturated carbocycles. The summed E-state index contributed by atoms with van der Waals surface area (Å²) in [4.78, 5) is 44.9. The minimum Gasteiger partial charge on any atom is -0.465 e. The van der Waals surface area contributed by atoms with E-state index in [0.717, 1.165) is 34.4 Å². The quantitative estimate of drug-likeness (QED) is 0.487. The topological polar surface area (TPSA) is 142 Å². The Balaban J connectivity index is 2.40. The molecule has 1 N–H and O–H groups in total. The van der Waals surface area contributed by atoms with Gasteiger partial charge in [0.05, 0.1) is 34.1 Å². The molecule has 0 aliphatic rings. The van der Waals surface area contributed by atoms with Gasteiger partial charge in [-0.2, -0.15) is 0 Å². The summed E-state index contributed by atoms with van der Waals surface area (Å²) in [6, 6.07) is 4.11. The van der Waals surface area contributed by atoms with Crippen LogP contribution < -0.4 is 5.32 Å². The van der Waals surface area contributed by atoms with E-state index in [4.69, 9.17) is 0 Å². The number of benzene rings is 1. The lowest BCUT2D eigenvalue weighted by molar-refractivity contribution is -0.394. The van der Waals surface area contributed by atoms with E-state index in [1.54, 1.807) is 6.92 Å². The first-order valence-corrected chi connectivity index (χ1v) is 7.48. The molecule has 0 unspecified atom stereocenters. The number of amides is 1. The second kappa shape index (κ2) is 7.05. The molecule has 2 aromatic rings. The van der Waals surface area contributed by atoms with Crippen molar-refractivity contribution >= 4 is 39.6 Å². The van der Waals surface area contributed by atoms with Crippen LogP contribution in [0.2, 0.25) is 0 Å². The van der Waals surface area contributed by atoms with E-state index < -0.39 is 33.1 Å². The van der Waals surface area contributed by atoms with Gasteiger partial charge in [0.15, 0.2) is 0 Å². The van der Waals surface area contributed by atoms with Gasteiger partial charge in [-0.1, -0.05) is 0 Å². The fraction of sp³-hybridized carbons (Fsp3) is 0.143. The number of anilines is 1. The maximum absolute atomic E-state index is 12.3. The summed E-state index contributed by atoms with van der Waals surface area (Å²) in [6.45, 7) is 1.71. The highest BCUT2D eigenvalue weighted by Crippen LogP contribution is 2.29. The number of thiophene rings is 1. The van der Waals surface area contributed by atoms with E-state index in [1.165, 1.54) is 13.2 Å². The van der Waals surface area contributed by atoms with Crippen LogP contribution in [0.5, 0.6) is 0 Å². The van der Waals surface area contributed by atoms with Gasteiger partial charge in [0.2, 0.25) is 0 Å². The van der Waals surface area contributed by atoms with Crippen molar-refractivity contribution < 1.29 is 24.2 Å². The molecule has 0 radical (unpaired) electrons. The molecule has 0 bridgehead atoms. The smallest absolute Gasteiger partial charge is 0.340 e. The molecule has 1 amide bonds. The van der Waals surface area contributed by atoms with Crippen LogP contribution in [0.3, 0.4) is 0 Å². The first-order valence-electron chi connectivity index (χ1n) is 6.67. The lowest BCUT2D eigenvalue weighted by Crippen LogP contribution is -2.14. The maximum atomic E-state index is 12.3. The largest absolute Gasteiger partial charge is 0.465 e. The third kappa shape index (κ3) is 3.95. The standard InChI is InChI=1S/C14H11N3O7S/c1-7-3-11(14(19)24-2)13(25-7)15-12(18)8-4-9(16(20)21)6-10(5-8)17(22)23/h3-6H,1-2H3,(H,15,18). The zero-order valence-electron chi connectivity index (χ0n) is 13.0. The Kier molecular flexibility index (Phi) is 5.08. The lowest BCUT2D eigenvalue weighted by atomic mass is 10.1. The van der Waals surface area contributed by atoms with E-state index in [1.807, 2.05) is 0 Å². The molecule has 1 aromatic carbocycles. The number of carbonyl (C=O) groups excluding carboxylic acids is 2. The zero-order chi connectivity index (χ0) is 18.7. The number of nitrogens with zero attached hydrogens (tertiary/aromatic N) is 2. The highest BCUT2D eigenvalue weighted by Gasteiger charge is 2.22. The summed E-state index contributed by atoms with van der Waals surface area (Å²) in [6.07, 6.45) is 0. The lowest BCUT2D eigenvalue weighted by Gasteiger charge is -2.05. The third-order valence-electron chi connectivity index (χ3n) is 3.07. The van der Waals surface area contributed by atoms with Crippen molar-refractivity contribution in [3.63, 3.8) is 0 Å².